The van der Waals surface area contributed by atoms with Crippen LogP contribution in [0.2, 0.25) is 0 Å². The number of hydrogen-bond acceptors (Lipinski definition) is 5. The van der Waals surface area contributed by atoms with Crippen LogP contribution < -0.4 is 0 Å². The molecule has 1 aromatic carbocycles. The molecule has 0 fully saturated rings. The summed E-state index contributed by atoms with van der Waals surface area (Å²) in [5.74, 6) is -1.07. The molecular formula is C22H18F3N5S. The summed E-state index contributed by atoms with van der Waals surface area (Å²) in [6, 6.07) is 14.0. The Kier molecular flexibility index (Phi) is 5.07. The SMILES string of the molecule is FC(F)(F)c1ncc2c(n1)CCN(Cc1cn(-c3ccccc3)nc1-c1cccs1)C2. The summed E-state index contributed by atoms with van der Waals surface area (Å²) in [5, 5.41) is 6.84. The third kappa shape index (κ3) is 4.11. The van der Waals surface area contributed by atoms with Gasteiger partial charge in [0.1, 0.15) is 5.69 Å². The van der Waals surface area contributed by atoms with Gasteiger partial charge in [-0.05, 0) is 23.6 Å². The Labute approximate surface area is 180 Å². The first-order valence-electron chi connectivity index (χ1n) is 9.79. The molecule has 0 N–H and O–H groups in total. The molecule has 0 saturated heterocycles. The molecule has 4 heterocycles. The molecule has 5 nitrogen and oxygen atoms in total. The highest BCUT2D eigenvalue weighted by Crippen LogP contribution is 2.31. The second-order valence-corrected chi connectivity index (χ2v) is 8.33. The fraction of sp³-hybridized carbons (Fsp3) is 0.227. The van der Waals surface area contributed by atoms with Crippen LogP contribution in [0.1, 0.15) is 22.6 Å². The quantitative estimate of drug-likeness (QED) is 0.449. The van der Waals surface area contributed by atoms with Gasteiger partial charge in [-0.25, -0.2) is 14.6 Å². The zero-order valence-electron chi connectivity index (χ0n) is 16.4. The van der Waals surface area contributed by atoms with Crippen molar-refractivity contribution in [2.24, 2.45) is 0 Å². The predicted molar refractivity (Wildman–Crippen MR) is 112 cm³/mol. The monoisotopic (exact) mass is 441 g/mol. The van der Waals surface area contributed by atoms with Crippen LogP contribution in [0.15, 0.2) is 60.2 Å². The van der Waals surface area contributed by atoms with Gasteiger partial charge in [0.2, 0.25) is 5.82 Å². The molecular weight excluding hydrogens is 423 g/mol. The van der Waals surface area contributed by atoms with E-state index in [0.29, 0.717) is 31.7 Å². The second kappa shape index (κ2) is 7.90. The molecule has 0 spiro atoms. The Hall–Kier alpha value is -3.04. The van der Waals surface area contributed by atoms with Crippen LogP contribution in [0.25, 0.3) is 16.3 Å². The minimum atomic E-state index is -4.52. The van der Waals surface area contributed by atoms with Crippen LogP contribution in [0.3, 0.4) is 0 Å². The number of halogens is 3. The Morgan fingerprint density at radius 2 is 1.90 bits per heavy atom. The fourth-order valence-electron chi connectivity index (χ4n) is 3.75. The van der Waals surface area contributed by atoms with Crippen molar-refractivity contribution in [3.05, 3.63) is 82.9 Å². The van der Waals surface area contributed by atoms with E-state index >= 15 is 0 Å². The summed E-state index contributed by atoms with van der Waals surface area (Å²) in [6.45, 7) is 1.77. The van der Waals surface area contributed by atoms with E-state index < -0.39 is 12.0 Å². The third-order valence-electron chi connectivity index (χ3n) is 5.23. The molecule has 9 heteroatoms. The first kappa shape index (κ1) is 19.9. The molecule has 3 aromatic heterocycles. The largest absolute Gasteiger partial charge is 0.451 e. The maximum Gasteiger partial charge on any atom is 0.451 e. The number of alkyl halides is 3. The molecule has 5 rings (SSSR count). The maximum atomic E-state index is 12.9. The average Bonchev–Trinajstić information content (AvgIpc) is 3.43. The van der Waals surface area contributed by atoms with Crippen molar-refractivity contribution in [1.82, 2.24) is 24.6 Å². The van der Waals surface area contributed by atoms with Crippen molar-refractivity contribution < 1.29 is 13.2 Å². The average molecular weight is 441 g/mol. The molecule has 0 unspecified atom stereocenters. The lowest BCUT2D eigenvalue weighted by Crippen LogP contribution is -2.31. The maximum absolute atomic E-state index is 12.9. The summed E-state index contributed by atoms with van der Waals surface area (Å²) in [6.07, 6.45) is -0.718. The number of fused-ring (bicyclic) bond motifs is 1. The van der Waals surface area contributed by atoms with Crippen LogP contribution in [0, 0.1) is 0 Å². The van der Waals surface area contributed by atoms with Crippen molar-refractivity contribution in [2.45, 2.75) is 25.7 Å². The van der Waals surface area contributed by atoms with E-state index in [4.69, 9.17) is 5.10 Å². The lowest BCUT2D eigenvalue weighted by Gasteiger charge is -2.28. The van der Waals surface area contributed by atoms with Crippen molar-refractivity contribution in [2.75, 3.05) is 6.54 Å². The summed E-state index contributed by atoms with van der Waals surface area (Å²) in [4.78, 5) is 10.6. The first-order chi connectivity index (χ1) is 15.0. The van der Waals surface area contributed by atoms with Gasteiger partial charge in [0, 0.05) is 49.6 Å². The van der Waals surface area contributed by atoms with E-state index in [0.717, 1.165) is 27.4 Å². The van der Waals surface area contributed by atoms with Gasteiger partial charge in [0.05, 0.1) is 16.3 Å². The molecule has 1 aliphatic heterocycles. The van der Waals surface area contributed by atoms with Gasteiger partial charge in [-0.15, -0.1) is 11.3 Å². The van der Waals surface area contributed by atoms with Crippen molar-refractivity contribution in [1.29, 1.82) is 0 Å². The van der Waals surface area contributed by atoms with E-state index in [1.807, 2.05) is 58.7 Å². The summed E-state index contributed by atoms with van der Waals surface area (Å²) < 4.78 is 40.6. The van der Waals surface area contributed by atoms with Gasteiger partial charge < -0.3 is 0 Å². The highest BCUT2D eigenvalue weighted by molar-refractivity contribution is 7.13. The number of para-hydroxylation sites is 1. The fourth-order valence-corrected chi connectivity index (χ4v) is 4.49. The third-order valence-corrected chi connectivity index (χ3v) is 6.10. The zero-order chi connectivity index (χ0) is 21.4. The molecule has 0 aliphatic carbocycles. The van der Waals surface area contributed by atoms with Crippen LogP contribution in [-0.2, 0) is 25.7 Å². The van der Waals surface area contributed by atoms with E-state index in [1.165, 1.54) is 6.20 Å². The van der Waals surface area contributed by atoms with E-state index in [2.05, 4.69) is 14.9 Å². The van der Waals surface area contributed by atoms with Gasteiger partial charge >= 0.3 is 6.18 Å². The van der Waals surface area contributed by atoms with Gasteiger partial charge in [-0.2, -0.15) is 18.3 Å². The standard InChI is InChI=1S/C22H18F3N5S/c23-22(24,25)21-26-11-15-12-29(9-8-18(15)27-21)13-16-14-30(17-5-2-1-3-6-17)28-20(16)19-7-4-10-31-19/h1-7,10-11,14H,8-9,12-13H2. The van der Waals surface area contributed by atoms with Crippen LogP contribution in [0.4, 0.5) is 13.2 Å². The Morgan fingerprint density at radius 3 is 2.65 bits per heavy atom. The minimum absolute atomic E-state index is 0.460. The summed E-state index contributed by atoms with van der Waals surface area (Å²) in [7, 11) is 0. The molecule has 0 atom stereocenters. The van der Waals surface area contributed by atoms with Crippen molar-refractivity contribution >= 4 is 11.3 Å². The molecule has 1 aliphatic rings. The van der Waals surface area contributed by atoms with E-state index in [-0.39, 0.29) is 0 Å². The second-order valence-electron chi connectivity index (χ2n) is 7.38. The summed E-state index contributed by atoms with van der Waals surface area (Å²) >= 11 is 1.63. The first-order valence-corrected chi connectivity index (χ1v) is 10.7. The van der Waals surface area contributed by atoms with Gasteiger partial charge in [-0.1, -0.05) is 24.3 Å². The number of nitrogens with zero attached hydrogens (tertiary/aromatic N) is 5. The molecule has 0 amide bonds. The predicted octanol–water partition coefficient (Wildman–Crippen LogP) is 4.97. The molecule has 158 valence electrons. The lowest BCUT2D eigenvalue weighted by atomic mass is 10.1. The number of benzene rings is 1. The van der Waals surface area contributed by atoms with Gasteiger partial charge in [-0.3, -0.25) is 4.90 Å². The number of hydrogen-bond donors (Lipinski definition) is 0. The van der Waals surface area contributed by atoms with Crippen LogP contribution in [-0.4, -0.2) is 31.2 Å². The molecule has 31 heavy (non-hydrogen) atoms. The molecule has 4 aromatic rings. The Morgan fingerprint density at radius 1 is 1.06 bits per heavy atom. The Balaban J connectivity index is 1.42. The number of rotatable bonds is 4. The Bertz CT molecular complexity index is 1190. The van der Waals surface area contributed by atoms with Crippen LogP contribution >= 0.6 is 11.3 Å². The lowest BCUT2D eigenvalue weighted by molar-refractivity contribution is -0.145. The number of aromatic nitrogens is 4. The minimum Gasteiger partial charge on any atom is -0.294 e. The summed E-state index contributed by atoms with van der Waals surface area (Å²) in [5.41, 5.74) is 4.20. The molecule has 0 bridgehead atoms. The topological polar surface area (TPSA) is 46.8 Å². The highest BCUT2D eigenvalue weighted by atomic mass is 32.1. The van der Waals surface area contributed by atoms with E-state index in [9.17, 15) is 13.2 Å². The zero-order valence-corrected chi connectivity index (χ0v) is 17.2. The molecule has 0 radical (unpaired) electrons. The van der Waals surface area contributed by atoms with Crippen molar-refractivity contribution in [3.8, 4) is 16.3 Å². The smallest absolute Gasteiger partial charge is 0.294 e. The normalized spacial score (nSPS) is 14.5. The van der Waals surface area contributed by atoms with Gasteiger partial charge in [0.15, 0.2) is 0 Å². The highest BCUT2D eigenvalue weighted by Gasteiger charge is 2.35. The van der Waals surface area contributed by atoms with Crippen LogP contribution in [0.5, 0.6) is 0 Å². The van der Waals surface area contributed by atoms with Gasteiger partial charge in [0.25, 0.3) is 0 Å². The number of thiophene rings is 1. The molecule has 0 saturated carbocycles. The van der Waals surface area contributed by atoms with E-state index in [1.54, 1.807) is 11.3 Å². The van der Waals surface area contributed by atoms with Crippen molar-refractivity contribution in [3.63, 3.8) is 0 Å².